The van der Waals surface area contributed by atoms with Crippen LogP contribution in [0.3, 0.4) is 0 Å². The van der Waals surface area contributed by atoms with Crippen molar-refractivity contribution >= 4 is 16.6 Å². The highest BCUT2D eigenvalue weighted by atomic mass is 15.2. The summed E-state index contributed by atoms with van der Waals surface area (Å²) in [6.07, 6.45) is 2.09. The van der Waals surface area contributed by atoms with Crippen molar-refractivity contribution in [3.05, 3.63) is 35.5 Å². The van der Waals surface area contributed by atoms with Gasteiger partial charge in [-0.2, -0.15) is 0 Å². The van der Waals surface area contributed by atoms with Gasteiger partial charge in [-0.3, -0.25) is 10.8 Å². The first kappa shape index (κ1) is 12.8. The molecule has 0 aliphatic carbocycles. The van der Waals surface area contributed by atoms with Crippen LogP contribution in [0.25, 0.3) is 10.9 Å². The molecule has 0 saturated carbocycles. The molecule has 1 aromatic heterocycles. The quantitative estimate of drug-likeness (QED) is 0.637. The first-order valence-corrected chi connectivity index (χ1v) is 6.59. The van der Waals surface area contributed by atoms with Crippen LogP contribution in [0.2, 0.25) is 0 Å². The fourth-order valence-corrected chi connectivity index (χ4v) is 2.15. The van der Waals surface area contributed by atoms with E-state index in [2.05, 4.69) is 50.5 Å². The highest BCUT2D eigenvalue weighted by Crippen LogP contribution is 2.28. The summed E-state index contributed by atoms with van der Waals surface area (Å²) in [5.41, 5.74) is 7.13. The molecule has 2 aromatic rings. The van der Waals surface area contributed by atoms with Gasteiger partial charge in [0.25, 0.3) is 0 Å². The molecule has 1 unspecified atom stereocenters. The van der Waals surface area contributed by atoms with Gasteiger partial charge in [-0.05, 0) is 36.6 Å². The minimum Gasteiger partial charge on any atom is -0.322 e. The zero-order valence-corrected chi connectivity index (χ0v) is 11.3. The molecular formula is C15H21N3. The Morgan fingerprint density at radius 3 is 2.67 bits per heavy atom. The van der Waals surface area contributed by atoms with Gasteiger partial charge in [0.1, 0.15) is 0 Å². The number of fused-ring (bicyclic) bond motifs is 1. The van der Waals surface area contributed by atoms with Crippen LogP contribution < -0.4 is 11.3 Å². The fraction of sp³-hybridized carbons (Fsp3) is 0.400. The first-order valence-electron chi connectivity index (χ1n) is 6.59. The van der Waals surface area contributed by atoms with Crippen molar-refractivity contribution in [2.45, 2.75) is 39.5 Å². The maximum Gasteiger partial charge on any atom is 0.0710 e. The molecule has 0 amide bonds. The average molecular weight is 243 g/mol. The van der Waals surface area contributed by atoms with E-state index >= 15 is 0 Å². The Labute approximate surface area is 108 Å². The summed E-state index contributed by atoms with van der Waals surface area (Å²) in [5.74, 6) is 6.02. The molecule has 1 heterocycles. The number of nitrogens with zero attached hydrogens (tertiary/aromatic N) is 1. The zero-order chi connectivity index (χ0) is 13.1. The van der Waals surface area contributed by atoms with Gasteiger partial charge in [-0.1, -0.05) is 26.8 Å². The van der Waals surface area contributed by atoms with E-state index in [0.29, 0.717) is 5.92 Å². The van der Waals surface area contributed by atoms with Crippen LogP contribution in [0.1, 0.15) is 44.4 Å². The lowest BCUT2D eigenvalue weighted by molar-refractivity contribution is 0.713. The van der Waals surface area contributed by atoms with Crippen LogP contribution in [0.4, 0.5) is 5.69 Å². The van der Waals surface area contributed by atoms with Crippen LogP contribution in [0.5, 0.6) is 0 Å². The highest BCUT2D eigenvalue weighted by molar-refractivity contribution is 5.83. The largest absolute Gasteiger partial charge is 0.322 e. The molecule has 0 saturated heterocycles. The van der Waals surface area contributed by atoms with Crippen molar-refractivity contribution in [2.75, 3.05) is 5.43 Å². The number of benzene rings is 1. The Kier molecular flexibility index (Phi) is 3.82. The molecule has 1 atom stereocenters. The number of aryl methyl sites for hydroxylation is 1. The monoisotopic (exact) mass is 243 g/mol. The second kappa shape index (κ2) is 5.36. The molecule has 0 fully saturated rings. The van der Waals surface area contributed by atoms with Gasteiger partial charge in [-0.15, -0.1) is 0 Å². The van der Waals surface area contributed by atoms with Gasteiger partial charge in [0.15, 0.2) is 0 Å². The van der Waals surface area contributed by atoms with Crippen LogP contribution in [0, 0.1) is 0 Å². The number of anilines is 1. The van der Waals surface area contributed by atoms with E-state index in [1.54, 1.807) is 0 Å². The normalized spacial score (nSPS) is 12.7. The molecule has 0 spiro atoms. The standard InChI is InChI=1S/C15H21N3/c1-4-10(3)15-14(18-16)9-12-8-11(5-2)6-7-13(12)17-15/h6-10,18H,4-5,16H2,1-3H3. The summed E-state index contributed by atoms with van der Waals surface area (Å²) in [7, 11) is 0. The van der Waals surface area contributed by atoms with Crippen molar-refractivity contribution in [3.8, 4) is 0 Å². The summed E-state index contributed by atoms with van der Waals surface area (Å²) < 4.78 is 0. The minimum absolute atomic E-state index is 0.409. The molecule has 0 aliphatic heterocycles. The van der Waals surface area contributed by atoms with E-state index in [4.69, 9.17) is 10.8 Å². The Hall–Kier alpha value is -1.61. The van der Waals surface area contributed by atoms with E-state index in [1.165, 1.54) is 5.56 Å². The lowest BCUT2D eigenvalue weighted by Gasteiger charge is -2.15. The molecule has 3 nitrogen and oxygen atoms in total. The average Bonchev–Trinajstić information content (AvgIpc) is 2.44. The van der Waals surface area contributed by atoms with E-state index in [-0.39, 0.29) is 0 Å². The van der Waals surface area contributed by atoms with Gasteiger partial charge in [0.05, 0.1) is 16.9 Å². The second-order valence-electron chi connectivity index (χ2n) is 4.76. The molecule has 3 heteroatoms. The number of nitrogen functional groups attached to an aromatic ring is 1. The Balaban J connectivity index is 2.60. The Morgan fingerprint density at radius 2 is 2.06 bits per heavy atom. The molecule has 0 aliphatic rings. The zero-order valence-electron chi connectivity index (χ0n) is 11.3. The van der Waals surface area contributed by atoms with Crippen LogP contribution in [0.15, 0.2) is 24.3 Å². The summed E-state index contributed by atoms with van der Waals surface area (Å²) in [5, 5.41) is 1.15. The van der Waals surface area contributed by atoms with Crippen LogP contribution in [-0.4, -0.2) is 4.98 Å². The van der Waals surface area contributed by atoms with E-state index in [9.17, 15) is 0 Å². The Bertz CT molecular complexity index is 549. The summed E-state index contributed by atoms with van der Waals surface area (Å²) in [4.78, 5) is 4.75. The van der Waals surface area contributed by atoms with Gasteiger partial charge in [0, 0.05) is 11.3 Å². The van der Waals surface area contributed by atoms with Gasteiger partial charge < -0.3 is 5.43 Å². The van der Waals surface area contributed by atoms with E-state index < -0.39 is 0 Å². The number of hydrogen-bond donors (Lipinski definition) is 2. The number of nitrogens with two attached hydrogens (primary N) is 1. The third kappa shape index (κ3) is 2.31. The molecular weight excluding hydrogens is 222 g/mol. The summed E-state index contributed by atoms with van der Waals surface area (Å²) in [6, 6.07) is 8.53. The predicted octanol–water partition coefficient (Wildman–Crippen LogP) is 3.60. The minimum atomic E-state index is 0.409. The number of nitrogens with one attached hydrogen (secondary N) is 1. The van der Waals surface area contributed by atoms with Crippen molar-refractivity contribution in [2.24, 2.45) is 5.84 Å². The number of aromatic nitrogens is 1. The molecule has 3 N–H and O–H groups in total. The maximum absolute atomic E-state index is 5.61. The summed E-state index contributed by atoms with van der Waals surface area (Å²) in [6.45, 7) is 6.50. The van der Waals surface area contributed by atoms with Crippen LogP contribution >= 0.6 is 0 Å². The van der Waals surface area contributed by atoms with Gasteiger partial charge in [0.2, 0.25) is 0 Å². The number of rotatable bonds is 4. The molecule has 1 aromatic carbocycles. The fourth-order valence-electron chi connectivity index (χ4n) is 2.15. The first-order chi connectivity index (χ1) is 8.69. The number of pyridine rings is 1. The van der Waals surface area contributed by atoms with E-state index in [1.807, 2.05) is 0 Å². The topological polar surface area (TPSA) is 50.9 Å². The second-order valence-corrected chi connectivity index (χ2v) is 4.76. The van der Waals surface area contributed by atoms with E-state index in [0.717, 1.165) is 35.1 Å². The lowest BCUT2D eigenvalue weighted by atomic mass is 10.0. The molecule has 18 heavy (non-hydrogen) atoms. The number of hydrazine groups is 1. The van der Waals surface area contributed by atoms with Crippen molar-refractivity contribution in [3.63, 3.8) is 0 Å². The van der Waals surface area contributed by atoms with Crippen molar-refractivity contribution in [1.29, 1.82) is 0 Å². The molecule has 96 valence electrons. The molecule has 2 rings (SSSR count). The molecule has 0 bridgehead atoms. The molecule has 0 radical (unpaired) electrons. The smallest absolute Gasteiger partial charge is 0.0710 e. The predicted molar refractivity (Wildman–Crippen MR) is 77.6 cm³/mol. The summed E-state index contributed by atoms with van der Waals surface area (Å²) >= 11 is 0. The van der Waals surface area contributed by atoms with Crippen molar-refractivity contribution < 1.29 is 0 Å². The highest BCUT2D eigenvalue weighted by Gasteiger charge is 2.12. The van der Waals surface area contributed by atoms with Gasteiger partial charge in [-0.25, -0.2) is 0 Å². The van der Waals surface area contributed by atoms with Crippen LogP contribution in [-0.2, 0) is 6.42 Å². The van der Waals surface area contributed by atoms with Crippen molar-refractivity contribution in [1.82, 2.24) is 4.98 Å². The third-order valence-electron chi connectivity index (χ3n) is 3.55. The SMILES string of the molecule is CCc1ccc2nc(C(C)CC)c(NN)cc2c1. The van der Waals surface area contributed by atoms with Gasteiger partial charge >= 0.3 is 0 Å². The maximum atomic E-state index is 5.61. The number of hydrogen-bond acceptors (Lipinski definition) is 3. The lowest BCUT2D eigenvalue weighted by Crippen LogP contribution is -2.12. The third-order valence-corrected chi connectivity index (χ3v) is 3.55. The Morgan fingerprint density at radius 1 is 1.28 bits per heavy atom.